The first-order chi connectivity index (χ1) is 27.1. The minimum atomic E-state index is -5.39. The lowest BCUT2D eigenvalue weighted by atomic mass is 9.94. The van der Waals surface area contributed by atoms with Crippen LogP contribution in [-0.2, 0) is 91.7 Å². The molecule has 19 nitrogen and oxygen atoms in total. The molecule has 3 aromatic carbocycles. The fourth-order valence-corrected chi connectivity index (χ4v) is 7.12. The van der Waals surface area contributed by atoms with Crippen LogP contribution < -0.4 is 5.32 Å². The van der Waals surface area contributed by atoms with Gasteiger partial charge in [0, 0.05) is 14.0 Å². The molecule has 0 unspecified atom stereocenters. The number of benzene rings is 3. The molecule has 2 fully saturated rings. The summed E-state index contributed by atoms with van der Waals surface area (Å²) in [5, 5.41) is 13.1. The Kier molecular flexibility index (Phi) is 15.6. The summed E-state index contributed by atoms with van der Waals surface area (Å²) in [6.45, 7) is -0.359. The van der Waals surface area contributed by atoms with E-state index in [2.05, 4.69) is 9.50 Å². The molecule has 1 amide bonds. The molecule has 0 aliphatic carbocycles. The van der Waals surface area contributed by atoms with Crippen molar-refractivity contribution in [2.75, 3.05) is 13.7 Å². The van der Waals surface area contributed by atoms with E-state index in [1.807, 2.05) is 0 Å². The first kappa shape index (κ1) is 44.2. The van der Waals surface area contributed by atoms with Gasteiger partial charge in [0.1, 0.15) is 36.6 Å². The number of hydrogen-bond acceptors (Lipinski definition) is 15. The highest BCUT2D eigenvalue weighted by Crippen LogP contribution is 2.36. The Bertz CT molecular complexity index is 1960. The van der Waals surface area contributed by atoms with E-state index in [-0.39, 0.29) is 19.8 Å². The molecule has 2 aliphatic rings. The summed E-state index contributed by atoms with van der Waals surface area (Å²) in [4.78, 5) is 25.5. The Morgan fingerprint density at radius 3 is 1.60 bits per heavy atom. The highest BCUT2D eigenvalue weighted by Gasteiger charge is 2.57. The Labute approximate surface area is 328 Å². The number of carboxylic acid groups (broad SMARTS) is 1. The SMILES string of the molecule is CO[C@@H]1O[C@H](COS(=O)(=O)O)[C@H](OCc2ccccc2)[C@H](O[C@@H]2O[C@H](C(=O)O)[C@@H](OCc3ccccc3)[C@H](OCc3ccccc3)[C@H]2OS(=O)(=O)O)[C@H]1NC(C)=O. The van der Waals surface area contributed by atoms with E-state index in [1.54, 1.807) is 91.0 Å². The lowest BCUT2D eigenvalue weighted by molar-refractivity contribution is -0.346. The van der Waals surface area contributed by atoms with Crippen molar-refractivity contribution in [1.82, 2.24) is 5.32 Å². The molecule has 0 radical (unpaired) electrons. The molecule has 0 spiro atoms. The molecule has 10 atom stereocenters. The summed E-state index contributed by atoms with van der Waals surface area (Å²) in [6.07, 6.45) is -15.3. The van der Waals surface area contributed by atoms with Crippen molar-refractivity contribution in [2.24, 2.45) is 0 Å². The van der Waals surface area contributed by atoms with E-state index >= 15 is 0 Å². The first-order valence-electron chi connectivity index (χ1n) is 17.3. The average molecular weight is 842 g/mol. The Morgan fingerprint density at radius 2 is 1.16 bits per heavy atom. The van der Waals surface area contributed by atoms with Crippen LogP contribution in [0.2, 0.25) is 0 Å². The van der Waals surface area contributed by atoms with Gasteiger partial charge >= 0.3 is 26.8 Å². The third-order valence-electron chi connectivity index (χ3n) is 8.75. The molecule has 57 heavy (non-hydrogen) atoms. The number of rotatable bonds is 19. The quantitative estimate of drug-likeness (QED) is 0.126. The van der Waals surface area contributed by atoms with Crippen molar-refractivity contribution >= 4 is 32.7 Å². The first-order valence-corrected chi connectivity index (χ1v) is 20.1. The lowest BCUT2D eigenvalue weighted by Crippen LogP contribution is -2.69. The van der Waals surface area contributed by atoms with Crippen LogP contribution in [0.3, 0.4) is 0 Å². The largest absolute Gasteiger partial charge is 0.479 e. The fourth-order valence-electron chi connectivity index (χ4n) is 6.33. The Morgan fingerprint density at radius 1 is 0.667 bits per heavy atom. The van der Waals surface area contributed by atoms with Crippen molar-refractivity contribution in [3.63, 3.8) is 0 Å². The van der Waals surface area contributed by atoms with E-state index in [1.165, 1.54) is 7.11 Å². The van der Waals surface area contributed by atoms with Crippen LogP contribution in [0, 0.1) is 0 Å². The molecule has 312 valence electrons. The minimum Gasteiger partial charge on any atom is -0.479 e. The van der Waals surface area contributed by atoms with Crippen molar-refractivity contribution < 1.29 is 82.2 Å². The van der Waals surface area contributed by atoms with Crippen LogP contribution in [0.5, 0.6) is 0 Å². The van der Waals surface area contributed by atoms with Crippen molar-refractivity contribution in [3.8, 4) is 0 Å². The average Bonchev–Trinajstić information content (AvgIpc) is 3.16. The van der Waals surface area contributed by atoms with Crippen molar-refractivity contribution in [3.05, 3.63) is 108 Å². The maximum Gasteiger partial charge on any atom is 0.397 e. The zero-order chi connectivity index (χ0) is 41.2. The summed E-state index contributed by atoms with van der Waals surface area (Å²) in [6, 6.07) is 24.4. The summed E-state index contributed by atoms with van der Waals surface area (Å²) in [7, 11) is -9.26. The number of nitrogens with one attached hydrogen (secondary N) is 1. The van der Waals surface area contributed by atoms with E-state index in [0.29, 0.717) is 16.7 Å². The molecule has 21 heteroatoms. The maximum absolute atomic E-state index is 12.9. The van der Waals surface area contributed by atoms with E-state index in [4.69, 9.17) is 37.3 Å². The number of carbonyl (C=O) groups is 2. The van der Waals surface area contributed by atoms with Crippen LogP contribution >= 0.6 is 0 Å². The smallest absolute Gasteiger partial charge is 0.397 e. The molecule has 5 rings (SSSR count). The van der Waals surface area contributed by atoms with Gasteiger partial charge in [-0.15, -0.1) is 0 Å². The number of carboxylic acids is 1. The molecule has 2 aliphatic heterocycles. The van der Waals surface area contributed by atoms with Gasteiger partial charge in [0.15, 0.2) is 24.8 Å². The van der Waals surface area contributed by atoms with Crippen LogP contribution in [-0.4, -0.2) is 118 Å². The van der Waals surface area contributed by atoms with Crippen LogP contribution in [0.25, 0.3) is 0 Å². The number of aliphatic carboxylic acids is 1. The summed E-state index contributed by atoms with van der Waals surface area (Å²) < 4.78 is 120. The second-order valence-electron chi connectivity index (χ2n) is 12.9. The predicted octanol–water partition coefficient (Wildman–Crippen LogP) is 1.82. The Hall–Kier alpha value is -3.94. The van der Waals surface area contributed by atoms with Crippen LogP contribution in [0.1, 0.15) is 23.6 Å². The monoisotopic (exact) mass is 841 g/mol. The lowest BCUT2D eigenvalue weighted by Gasteiger charge is -2.49. The van der Waals surface area contributed by atoms with Crippen molar-refractivity contribution in [1.29, 1.82) is 0 Å². The summed E-state index contributed by atoms with van der Waals surface area (Å²) in [5.74, 6) is -2.23. The van der Waals surface area contributed by atoms with Gasteiger partial charge in [-0.25, -0.2) is 13.2 Å². The van der Waals surface area contributed by atoms with E-state index in [0.717, 1.165) is 6.92 Å². The number of carbonyl (C=O) groups excluding carboxylic acids is 1. The second kappa shape index (κ2) is 20.2. The minimum absolute atomic E-state index is 0.187. The molecule has 2 heterocycles. The van der Waals surface area contributed by atoms with Gasteiger partial charge in [0.2, 0.25) is 5.91 Å². The van der Waals surface area contributed by atoms with Gasteiger partial charge in [-0.3, -0.25) is 13.9 Å². The van der Waals surface area contributed by atoms with Crippen LogP contribution in [0.15, 0.2) is 91.0 Å². The molecular weight excluding hydrogens is 799 g/mol. The number of ether oxygens (including phenoxy) is 7. The second-order valence-corrected chi connectivity index (χ2v) is 15.0. The highest BCUT2D eigenvalue weighted by atomic mass is 32.3. The van der Waals surface area contributed by atoms with Gasteiger partial charge in [-0.05, 0) is 16.7 Å². The predicted molar refractivity (Wildman–Crippen MR) is 193 cm³/mol. The van der Waals surface area contributed by atoms with Gasteiger partial charge in [0.25, 0.3) is 0 Å². The fraction of sp³-hybridized carbons (Fsp3) is 0.444. The number of hydrogen-bond donors (Lipinski definition) is 4. The molecule has 3 aromatic rings. The number of amides is 1. The summed E-state index contributed by atoms with van der Waals surface area (Å²) in [5.41, 5.74) is 1.79. The molecule has 4 N–H and O–H groups in total. The zero-order valence-corrected chi connectivity index (χ0v) is 32.2. The van der Waals surface area contributed by atoms with Gasteiger partial charge in [0.05, 0.1) is 26.4 Å². The van der Waals surface area contributed by atoms with Crippen LogP contribution in [0.4, 0.5) is 0 Å². The zero-order valence-electron chi connectivity index (χ0n) is 30.5. The normalized spacial score (nSPS) is 28.1. The van der Waals surface area contributed by atoms with Gasteiger partial charge < -0.3 is 43.6 Å². The number of methoxy groups -OCH3 is 1. The third kappa shape index (κ3) is 13.0. The highest BCUT2D eigenvalue weighted by molar-refractivity contribution is 7.81. The standard InChI is InChI=1S/C36H43NO18S2/c1-22(38)37-27-29(28(48-18-23-12-6-3-7-13-23)26(52-35(27)47-2)21-51-56(41,42)43)53-36-33(55-57(44,45)46)31(50-20-25-16-10-5-11-17-25)30(32(54-36)34(39)40)49-19-24-14-8-4-9-15-24/h3-17,26-33,35-36H,18-21H2,1-2H3,(H,37,38)(H,39,40)(H,41,42,43)(H,44,45,46)/t26-,27-,28+,29-,30+,31+,32+,33-,35-,36-/m1/s1. The van der Waals surface area contributed by atoms with E-state index in [9.17, 15) is 40.6 Å². The van der Waals surface area contributed by atoms with E-state index < -0.39 is 101 Å². The molecule has 0 bridgehead atoms. The summed E-state index contributed by atoms with van der Waals surface area (Å²) >= 11 is 0. The Balaban J connectivity index is 1.59. The topological polar surface area (TPSA) is 258 Å². The van der Waals surface area contributed by atoms with Gasteiger partial charge in [-0.1, -0.05) is 91.0 Å². The molecule has 0 aromatic heterocycles. The van der Waals surface area contributed by atoms with Gasteiger partial charge in [-0.2, -0.15) is 16.8 Å². The molecule has 2 saturated heterocycles. The molecular formula is C36H43NO18S2. The van der Waals surface area contributed by atoms with Crippen molar-refractivity contribution in [2.45, 2.75) is 88.1 Å². The molecule has 0 saturated carbocycles. The third-order valence-corrected chi connectivity index (χ3v) is 9.65. The maximum atomic E-state index is 12.9.